The normalized spacial score (nSPS) is 11.4. The van der Waals surface area contributed by atoms with Crippen LogP contribution in [0.3, 0.4) is 0 Å². The van der Waals surface area contributed by atoms with E-state index in [2.05, 4.69) is 15.1 Å². The molecule has 0 bridgehead atoms. The second kappa shape index (κ2) is 6.17. The number of rotatable bonds is 6. The predicted molar refractivity (Wildman–Crippen MR) is 84.0 cm³/mol. The molecule has 0 spiro atoms. The van der Waals surface area contributed by atoms with Crippen molar-refractivity contribution in [1.82, 2.24) is 9.78 Å². The maximum Gasteiger partial charge on any atom is 0.264 e. The van der Waals surface area contributed by atoms with Gasteiger partial charge in [0, 0.05) is 19.8 Å². The van der Waals surface area contributed by atoms with Crippen LogP contribution in [0.4, 0.5) is 11.4 Å². The Balaban J connectivity index is 2.38. The highest BCUT2D eigenvalue weighted by molar-refractivity contribution is 7.92. The zero-order valence-electron chi connectivity index (χ0n) is 12.4. The third kappa shape index (κ3) is 3.36. The second-order valence-corrected chi connectivity index (χ2v) is 6.30. The smallest absolute Gasteiger partial charge is 0.264 e. The second-order valence-electron chi connectivity index (χ2n) is 4.65. The van der Waals surface area contributed by atoms with Crippen LogP contribution >= 0.6 is 0 Å². The van der Waals surface area contributed by atoms with Crippen molar-refractivity contribution in [2.45, 2.75) is 25.2 Å². The molecule has 1 aromatic carbocycles. The Morgan fingerprint density at radius 3 is 2.57 bits per heavy atom. The number of para-hydroxylation sites is 1. The molecular weight excluding hydrogens is 288 g/mol. The summed E-state index contributed by atoms with van der Waals surface area (Å²) in [5, 5.41) is 7.30. The summed E-state index contributed by atoms with van der Waals surface area (Å²) in [5.41, 5.74) is 1.84. The van der Waals surface area contributed by atoms with Gasteiger partial charge in [-0.3, -0.25) is 9.40 Å². The first-order valence-corrected chi connectivity index (χ1v) is 8.34. The van der Waals surface area contributed by atoms with Crippen LogP contribution in [-0.4, -0.2) is 24.7 Å². The van der Waals surface area contributed by atoms with Gasteiger partial charge in [-0.05, 0) is 25.5 Å². The summed E-state index contributed by atoms with van der Waals surface area (Å²) in [6, 6.07) is 6.85. The van der Waals surface area contributed by atoms with Crippen molar-refractivity contribution in [3.63, 3.8) is 0 Å². The zero-order chi connectivity index (χ0) is 15.5. The standard InChI is InChI=1S/C14H20N4O2S/c1-4-11-13(10-18(3)16-11)17-21(19,20)14-9-7-6-8-12(14)15-5-2/h6-10,15,17H,4-5H2,1-3H3. The number of sulfonamides is 1. The summed E-state index contributed by atoms with van der Waals surface area (Å²) in [6.07, 6.45) is 2.33. The van der Waals surface area contributed by atoms with Gasteiger partial charge in [0.1, 0.15) is 4.90 Å². The molecule has 0 saturated carbocycles. The summed E-state index contributed by atoms with van der Waals surface area (Å²) in [4.78, 5) is 0.234. The quantitative estimate of drug-likeness (QED) is 0.858. The molecule has 0 amide bonds. The van der Waals surface area contributed by atoms with E-state index in [1.54, 1.807) is 42.2 Å². The van der Waals surface area contributed by atoms with Crippen LogP contribution in [0.15, 0.2) is 35.4 Å². The fraction of sp³-hybridized carbons (Fsp3) is 0.357. The van der Waals surface area contributed by atoms with Gasteiger partial charge < -0.3 is 5.32 Å². The molecule has 2 aromatic rings. The maximum absolute atomic E-state index is 12.6. The van der Waals surface area contributed by atoms with Crippen LogP contribution < -0.4 is 10.0 Å². The van der Waals surface area contributed by atoms with Gasteiger partial charge in [0.2, 0.25) is 0 Å². The molecule has 1 aromatic heterocycles. The lowest BCUT2D eigenvalue weighted by atomic mass is 10.3. The largest absolute Gasteiger partial charge is 0.384 e. The fourth-order valence-corrected chi connectivity index (χ4v) is 3.38. The number of nitrogens with one attached hydrogen (secondary N) is 2. The average Bonchev–Trinajstić information content (AvgIpc) is 2.79. The minimum absolute atomic E-state index is 0.234. The maximum atomic E-state index is 12.6. The Morgan fingerprint density at radius 1 is 1.19 bits per heavy atom. The summed E-state index contributed by atoms with van der Waals surface area (Å²) in [6.45, 7) is 4.51. The summed E-state index contributed by atoms with van der Waals surface area (Å²) in [7, 11) is -1.88. The van der Waals surface area contributed by atoms with E-state index in [0.717, 1.165) is 5.69 Å². The lowest BCUT2D eigenvalue weighted by molar-refractivity contribution is 0.601. The number of hydrogen-bond acceptors (Lipinski definition) is 4. The lowest BCUT2D eigenvalue weighted by Crippen LogP contribution is -2.16. The third-order valence-corrected chi connectivity index (χ3v) is 4.45. The Kier molecular flexibility index (Phi) is 4.52. The van der Waals surface area contributed by atoms with E-state index in [1.807, 2.05) is 13.8 Å². The molecule has 0 aliphatic carbocycles. The van der Waals surface area contributed by atoms with Crippen molar-refractivity contribution in [3.05, 3.63) is 36.2 Å². The minimum Gasteiger partial charge on any atom is -0.384 e. The van der Waals surface area contributed by atoms with Gasteiger partial charge >= 0.3 is 0 Å². The highest BCUT2D eigenvalue weighted by atomic mass is 32.2. The molecule has 7 heteroatoms. The molecular formula is C14H20N4O2S. The number of nitrogens with zero attached hydrogens (tertiary/aromatic N) is 2. The van der Waals surface area contributed by atoms with Crippen molar-refractivity contribution >= 4 is 21.4 Å². The Morgan fingerprint density at radius 2 is 1.90 bits per heavy atom. The van der Waals surface area contributed by atoms with Gasteiger partial charge in [0.25, 0.3) is 10.0 Å². The van der Waals surface area contributed by atoms with Crippen molar-refractivity contribution in [2.24, 2.45) is 7.05 Å². The predicted octanol–water partition coefficient (Wildman–Crippen LogP) is 2.22. The van der Waals surface area contributed by atoms with E-state index in [1.165, 1.54) is 0 Å². The first-order chi connectivity index (χ1) is 9.97. The molecule has 2 N–H and O–H groups in total. The zero-order valence-corrected chi connectivity index (χ0v) is 13.2. The first kappa shape index (κ1) is 15.4. The van der Waals surface area contributed by atoms with Gasteiger partial charge in [0.15, 0.2) is 0 Å². The molecule has 0 atom stereocenters. The van der Waals surface area contributed by atoms with Crippen LogP contribution in [-0.2, 0) is 23.5 Å². The molecule has 0 aliphatic rings. The van der Waals surface area contributed by atoms with E-state index in [0.29, 0.717) is 24.3 Å². The van der Waals surface area contributed by atoms with E-state index in [4.69, 9.17) is 0 Å². The van der Waals surface area contributed by atoms with Crippen LogP contribution in [0.1, 0.15) is 19.5 Å². The Bertz CT molecular complexity index is 722. The van der Waals surface area contributed by atoms with Crippen LogP contribution in [0.2, 0.25) is 0 Å². The highest BCUT2D eigenvalue weighted by Crippen LogP contribution is 2.24. The molecule has 0 aliphatic heterocycles. The molecule has 114 valence electrons. The van der Waals surface area contributed by atoms with E-state index >= 15 is 0 Å². The van der Waals surface area contributed by atoms with Crippen molar-refractivity contribution in [3.8, 4) is 0 Å². The fourth-order valence-electron chi connectivity index (χ4n) is 2.12. The van der Waals surface area contributed by atoms with Gasteiger partial charge in [-0.1, -0.05) is 19.1 Å². The molecule has 0 radical (unpaired) electrons. The highest BCUT2D eigenvalue weighted by Gasteiger charge is 2.20. The molecule has 1 heterocycles. The van der Waals surface area contributed by atoms with Crippen molar-refractivity contribution in [1.29, 1.82) is 0 Å². The minimum atomic E-state index is -3.65. The number of benzene rings is 1. The number of anilines is 2. The Labute approximate surface area is 125 Å². The summed E-state index contributed by atoms with van der Waals surface area (Å²) >= 11 is 0. The SMILES string of the molecule is CCNc1ccccc1S(=O)(=O)Nc1cn(C)nc1CC. The van der Waals surface area contributed by atoms with Crippen LogP contribution in [0.5, 0.6) is 0 Å². The van der Waals surface area contributed by atoms with Gasteiger partial charge in [-0.2, -0.15) is 5.10 Å². The van der Waals surface area contributed by atoms with Gasteiger partial charge in [-0.25, -0.2) is 8.42 Å². The molecule has 2 rings (SSSR count). The molecule has 0 fully saturated rings. The van der Waals surface area contributed by atoms with Crippen molar-refractivity contribution < 1.29 is 8.42 Å². The van der Waals surface area contributed by atoms with E-state index in [9.17, 15) is 8.42 Å². The van der Waals surface area contributed by atoms with Crippen LogP contribution in [0.25, 0.3) is 0 Å². The topological polar surface area (TPSA) is 76.0 Å². The van der Waals surface area contributed by atoms with E-state index < -0.39 is 10.0 Å². The third-order valence-electron chi connectivity index (χ3n) is 3.03. The molecule has 0 unspecified atom stereocenters. The van der Waals surface area contributed by atoms with Crippen LogP contribution in [0, 0.1) is 0 Å². The van der Waals surface area contributed by atoms with Gasteiger partial charge in [0.05, 0.1) is 17.1 Å². The first-order valence-electron chi connectivity index (χ1n) is 6.86. The van der Waals surface area contributed by atoms with Crippen molar-refractivity contribution in [2.75, 3.05) is 16.6 Å². The number of hydrogen-bond donors (Lipinski definition) is 2. The van der Waals surface area contributed by atoms with E-state index in [-0.39, 0.29) is 4.90 Å². The molecule has 0 saturated heterocycles. The summed E-state index contributed by atoms with van der Waals surface area (Å²) < 4.78 is 29.4. The Hall–Kier alpha value is -2.02. The number of aromatic nitrogens is 2. The monoisotopic (exact) mass is 308 g/mol. The molecule has 21 heavy (non-hydrogen) atoms. The molecule has 6 nitrogen and oxygen atoms in total. The van der Waals surface area contributed by atoms with Gasteiger partial charge in [-0.15, -0.1) is 0 Å². The lowest BCUT2D eigenvalue weighted by Gasteiger charge is -2.12. The average molecular weight is 308 g/mol. The summed E-state index contributed by atoms with van der Waals surface area (Å²) in [5.74, 6) is 0. The number of aryl methyl sites for hydroxylation is 2.